The van der Waals surface area contributed by atoms with Crippen LogP contribution in [0.25, 0.3) is 0 Å². The van der Waals surface area contributed by atoms with E-state index in [0.29, 0.717) is 0 Å². The van der Waals surface area contributed by atoms with Crippen molar-refractivity contribution in [2.75, 3.05) is 6.54 Å². The van der Waals surface area contributed by atoms with Crippen LogP contribution < -0.4 is 0 Å². The first-order valence-electron chi connectivity index (χ1n) is 7.91. The number of fused-ring (bicyclic) bond motifs is 1. The number of nitro groups is 1. The lowest BCUT2D eigenvalue weighted by Gasteiger charge is -2.32. The van der Waals surface area contributed by atoms with Gasteiger partial charge in [-0.3, -0.25) is 19.7 Å². The molecule has 1 aromatic carbocycles. The Hall–Kier alpha value is -2.74. The number of likely N-dealkylation sites (tertiary alicyclic amines) is 1. The minimum absolute atomic E-state index is 0.0187. The summed E-state index contributed by atoms with van der Waals surface area (Å²) in [5.41, 5.74) is -1.34. The topological polar surface area (TPSA) is 110 Å². The Kier molecular flexibility index (Phi) is 3.08. The second kappa shape index (κ2) is 4.89. The van der Waals surface area contributed by atoms with Gasteiger partial charge in [0.25, 0.3) is 5.69 Å². The molecule has 1 amide bonds. The van der Waals surface area contributed by atoms with Crippen molar-refractivity contribution in [1.29, 1.82) is 0 Å². The minimum Gasteiger partial charge on any atom is -0.481 e. The summed E-state index contributed by atoms with van der Waals surface area (Å²) in [6.45, 7) is 2.19. The van der Waals surface area contributed by atoms with Gasteiger partial charge in [0, 0.05) is 18.7 Å². The van der Waals surface area contributed by atoms with Crippen LogP contribution in [0, 0.1) is 21.4 Å². The van der Waals surface area contributed by atoms with Gasteiger partial charge in [0.05, 0.1) is 23.0 Å². The molecule has 0 aromatic heterocycles. The third-order valence-corrected chi connectivity index (χ3v) is 5.68. The molecule has 4 rings (SSSR count). The summed E-state index contributed by atoms with van der Waals surface area (Å²) < 4.78 is 5.91. The molecule has 1 spiro atoms. The van der Waals surface area contributed by atoms with E-state index in [1.165, 1.54) is 12.1 Å². The van der Waals surface area contributed by atoms with Crippen LogP contribution >= 0.6 is 0 Å². The summed E-state index contributed by atoms with van der Waals surface area (Å²) in [5, 5.41) is 20.3. The van der Waals surface area contributed by atoms with Crippen LogP contribution in [0.4, 0.5) is 5.69 Å². The number of carbonyl (C=O) groups excluding carboxylic acids is 1. The van der Waals surface area contributed by atoms with E-state index < -0.39 is 33.9 Å². The summed E-state index contributed by atoms with van der Waals surface area (Å²) >= 11 is 0. The molecule has 130 valence electrons. The van der Waals surface area contributed by atoms with Crippen LogP contribution in [-0.2, 0) is 20.9 Å². The number of hydrogen-bond acceptors (Lipinski definition) is 5. The Morgan fingerprint density at radius 1 is 1.44 bits per heavy atom. The van der Waals surface area contributed by atoms with E-state index in [1.54, 1.807) is 30.0 Å². The van der Waals surface area contributed by atoms with Crippen LogP contribution in [0.2, 0.25) is 0 Å². The second-order valence-electron chi connectivity index (χ2n) is 6.93. The number of nitro benzene ring substituents is 1. The molecule has 0 radical (unpaired) electrons. The molecule has 2 saturated heterocycles. The van der Waals surface area contributed by atoms with Gasteiger partial charge < -0.3 is 14.7 Å². The van der Waals surface area contributed by atoms with Crippen molar-refractivity contribution in [3.8, 4) is 0 Å². The third kappa shape index (κ3) is 1.91. The molecule has 3 heterocycles. The summed E-state index contributed by atoms with van der Waals surface area (Å²) in [5.74, 6) is -2.21. The minimum atomic E-state index is -1.14. The molecule has 1 N–H and O–H groups in total. The first-order valence-corrected chi connectivity index (χ1v) is 7.91. The zero-order valence-electron chi connectivity index (χ0n) is 13.4. The average Bonchev–Trinajstić information content (AvgIpc) is 3.14. The van der Waals surface area contributed by atoms with Crippen molar-refractivity contribution in [3.63, 3.8) is 0 Å². The van der Waals surface area contributed by atoms with Crippen molar-refractivity contribution >= 4 is 17.6 Å². The van der Waals surface area contributed by atoms with Gasteiger partial charge in [-0.05, 0) is 12.5 Å². The van der Waals surface area contributed by atoms with Crippen LogP contribution in [-0.4, -0.2) is 45.1 Å². The number of carboxylic acids is 1. The van der Waals surface area contributed by atoms with Crippen LogP contribution in [0.3, 0.4) is 0 Å². The molecule has 0 unspecified atom stereocenters. The molecule has 8 heteroatoms. The fourth-order valence-electron chi connectivity index (χ4n) is 4.35. The highest BCUT2D eigenvalue weighted by Crippen LogP contribution is 2.60. The SMILES string of the molecule is C[C@]12C(=O)N(Cc3ccc([N+](=O)[O-])cc3)C[C@@]13C=C[C@H](O3)[C@H]2C(=O)O. The molecular formula is C17H16N2O6. The van der Waals surface area contributed by atoms with Crippen molar-refractivity contribution in [2.45, 2.75) is 25.2 Å². The molecule has 4 atom stereocenters. The molecule has 3 aliphatic rings. The molecule has 2 fully saturated rings. The highest BCUT2D eigenvalue weighted by molar-refractivity contribution is 5.94. The standard InChI is InChI=1S/C17H16N2O6/c1-16-13(14(20)21)12-6-7-17(16,25-12)9-18(15(16)22)8-10-2-4-11(5-3-10)19(23)24/h2-7,12-13H,8-9H2,1H3,(H,20,21)/t12-,13-,16-,17-/m0/s1. The maximum absolute atomic E-state index is 13.0. The Bertz CT molecular complexity index is 819. The molecule has 3 aliphatic heterocycles. The van der Waals surface area contributed by atoms with E-state index in [-0.39, 0.29) is 24.7 Å². The molecule has 1 aromatic rings. The fourth-order valence-corrected chi connectivity index (χ4v) is 4.35. The Labute approximate surface area is 142 Å². The number of ether oxygens (including phenoxy) is 1. The number of benzene rings is 1. The Morgan fingerprint density at radius 2 is 2.12 bits per heavy atom. The van der Waals surface area contributed by atoms with Gasteiger partial charge in [-0.25, -0.2) is 0 Å². The second-order valence-corrected chi connectivity index (χ2v) is 6.93. The lowest BCUT2D eigenvalue weighted by atomic mass is 9.65. The summed E-state index contributed by atoms with van der Waals surface area (Å²) in [4.78, 5) is 36.5. The zero-order valence-corrected chi connectivity index (χ0v) is 13.4. The van der Waals surface area contributed by atoms with Gasteiger partial charge in [-0.15, -0.1) is 0 Å². The van der Waals surface area contributed by atoms with E-state index in [0.717, 1.165) is 5.56 Å². The number of non-ortho nitro benzene ring substituents is 1. The lowest BCUT2D eigenvalue weighted by molar-refractivity contribution is -0.384. The smallest absolute Gasteiger partial charge is 0.310 e. The van der Waals surface area contributed by atoms with Gasteiger partial charge in [-0.2, -0.15) is 0 Å². The number of amides is 1. The third-order valence-electron chi connectivity index (χ3n) is 5.68. The largest absolute Gasteiger partial charge is 0.481 e. The van der Waals surface area contributed by atoms with Gasteiger partial charge in [0.1, 0.15) is 11.5 Å². The molecular weight excluding hydrogens is 328 g/mol. The predicted molar refractivity (Wildman–Crippen MR) is 84.5 cm³/mol. The lowest BCUT2D eigenvalue weighted by Crippen LogP contribution is -2.49. The van der Waals surface area contributed by atoms with Crippen LogP contribution in [0.15, 0.2) is 36.4 Å². The van der Waals surface area contributed by atoms with Crippen molar-refractivity contribution < 1.29 is 24.4 Å². The highest BCUT2D eigenvalue weighted by Gasteiger charge is 2.74. The van der Waals surface area contributed by atoms with Crippen molar-refractivity contribution in [2.24, 2.45) is 11.3 Å². The number of aliphatic carboxylic acids is 1. The quantitative estimate of drug-likeness (QED) is 0.501. The number of nitrogens with zero attached hydrogens (tertiary/aromatic N) is 2. The number of rotatable bonds is 4. The average molecular weight is 344 g/mol. The van der Waals surface area contributed by atoms with E-state index in [1.807, 2.05) is 6.08 Å². The fraction of sp³-hybridized carbons (Fsp3) is 0.412. The highest BCUT2D eigenvalue weighted by atomic mass is 16.6. The molecule has 25 heavy (non-hydrogen) atoms. The first kappa shape index (κ1) is 15.8. The maximum Gasteiger partial charge on any atom is 0.310 e. The van der Waals surface area contributed by atoms with Crippen LogP contribution in [0.1, 0.15) is 12.5 Å². The van der Waals surface area contributed by atoms with Gasteiger partial charge in [0.15, 0.2) is 0 Å². The molecule has 0 aliphatic carbocycles. The van der Waals surface area contributed by atoms with Gasteiger partial charge in [0.2, 0.25) is 5.91 Å². The molecule has 2 bridgehead atoms. The molecule has 0 saturated carbocycles. The summed E-state index contributed by atoms with van der Waals surface area (Å²) in [7, 11) is 0. The van der Waals surface area contributed by atoms with Crippen molar-refractivity contribution in [1.82, 2.24) is 4.90 Å². The van der Waals surface area contributed by atoms with Crippen molar-refractivity contribution in [3.05, 3.63) is 52.1 Å². The summed E-state index contributed by atoms with van der Waals surface area (Å²) in [6.07, 6.45) is 2.96. The first-order chi connectivity index (χ1) is 11.8. The van der Waals surface area contributed by atoms with Crippen LogP contribution in [0.5, 0.6) is 0 Å². The van der Waals surface area contributed by atoms with E-state index in [9.17, 15) is 24.8 Å². The number of carbonyl (C=O) groups is 2. The Morgan fingerprint density at radius 3 is 2.72 bits per heavy atom. The van der Waals surface area contributed by atoms with Gasteiger partial charge >= 0.3 is 5.97 Å². The van der Waals surface area contributed by atoms with E-state index in [2.05, 4.69) is 0 Å². The van der Waals surface area contributed by atoms with E-state index in [4.69, 9.17) is 4.74 Å². The number of carboxylic acid groups (broad SMARTS) is 1. The number of hydrogen-bond donors (Lipinski definition) is 1. The van der Waals surface area contributed by atoms with Gasteiger partial charge in [-0.1, -0.05) is 24.3 Å². The maximum atomic E-state index is 13.0. The van der Waals surface area contributed by atoms with E-state index >= 15 is 0 Å². The monoisotopic (exact) mass is 344 g/mol. The zero-order chi connectivity index (χ0) is 18.0. The Balaban J connectivity index is 1.62. The predicted octanol–water partition coefficient (Wildman–Crippen LogP) is 1.35. The molecule has 8 nitrogen and oxygen atoms in total. The normalized spacial score (nSPS) is 35.2. The summed E-state index contributed by atoms with van der Waals surface area (Å²) in [6, 6.07) is 5.97.